The fourth-order valence-electron chi connectivity index (χ4n) is 1.35. The van der Waals surface area contributed by atoms with Crippen LogP contribution >= 0.6 is 0 Å². The van der Waals surface area contributed by atoms with Gasteiger partial charge in [-0.05, 0) is 18.2 Å². The first kappa shape index (κ1) is 10.6. The molecule has 0 fully saturated rings. The average Bonchev–Trinajstić information content (AvgIpc) is 2.30. The van der Waals surface area contributed by atoms with Gasteiger partial charge in [0.25, 0.3) is 0 Å². The predicted octanol–water partition coefficient (Wildman–Crippen LogP) is 1.36. The average molecular weight is 220 g/mol. The highest BCUT2D eigenvalue weighted by Crippen LogP contribution is 2.24. The number of rotatable bonds is 4. The van der Waals surface area contributed by atoms with E-state index in [9.17, 15) is 5.11 Å². The van der Waals surface area contributed by atoms with Crippen LogP contribution in [0.5, 0.6) is 11.6 Å². The van der Waals surface area contributed by atoms with E-state index >= 15 is 0 Å². The minimum atomic E-state index is -0.0396. The zero-order chi connectivity index (χ0) is 11.4. The van der Waals surface area contributed by atoms with E-state index in [0.29, 0.717) is 29.9 Å². The van der Waals surface area contributed by atoms with Gasteiger partial charge >= 0.3 is 0 Å². The third kappa shape index (κ3) is 2.20. The van der Waals surface area contributed by atoms with Gasteiger partial charge in [0.05, 0.1) is 17.5 Å². The summed E-state index contributed by atoms with van der Waals surface area (Å²) in [6.07, 6.45) is 1.32. The van der Waals surface area contributed by atoms with E-state index in [1.54, 1.807) is 25.3 Å². The highest BCUT2D eigenvalue weighted by Gasteiger charge is 2.03. The quantitative estimate of drug-likeness (QED) is 0.788. The van der Waals surface area contributed by atoms with Gasteiger partial charge in [0.2, 0.25) is 5.88 Å². The number of fused-ring (bicyclic) bond motifs is 1. The molecule has 0 spiro atoms. The van der Waals surface area contributed by atoms with Gasteiger partial charge in [-0.1, -0.05) is 0 Å². The van der Waals surface area contributed by atoms with Crippen LogP contribution < -0.4 is 4.74 Å². The summed E-state index contributed by atoms with van der Waals surface area (Å²) in [6.45, 7) is 0.992. The van der Waals surface area contributed by atoms with Crippen LogP contribution in [0.4, 0.5) is 0 Å². The van der Waals surface area contributed by atoms with Crippen molar-refractivity contribution in [3.8, 4) is 11.6 Å². The number of aromatic nitrogens is 2. The van der Waals surface area contributed by atoms with E-state index in [0.717, 1.165) is 0 Å². The molecule has 0 saturated carbocycles. The first-order valence-corrected chi connectivity index (χ1v) is 4.86. The van der Waals surface area contributed by atoms with Crippen LogP contribution in [0.3, 0.4) is 0 Å². The molecule has 84 valence electrons. The third-order valence-electron chi connectivity index (χ3n) is 2.14. The maximum absolute atomic E-state index is 9.54. The molecular weight excluding hydrogens is 208 g/mol. The number of aromatic hydroxyl groups is 1. The Kier molecular flexibility index (Phi) is 3.16. The maximum atomic E-state index is 9.54. The molecule has 0 aliphatic heterocycles. The standard InChI is InChI=1S/C11H12N2O3/c1-15-4-5-16-8-2-3-10-9(6-8)11(14)13-7-12-10/h2-3,6-7H,4-5H2,1H3,(H,12,13,14). The summed E-state index contributed by atoms with van der Waals surface area (Å²) in [4.78, 5) is 7.74. The summed E-state index contributed by atoms with van der Waals surface area (Å²) in [5.74, 6) is 0.622. The number of benzene rings is 1. The van der Waals surface area contributed by atoms with Crippen LogP contribution in [0.25, 0.3) is 10.9 Å². The summed E-state index contributed by atoms with van der Waals surface area (Å²) in [6, 6.07) is 5.28. The summed E-state index contributed by atoms with van der Waals surface area (Å²) in [7, 11) is 1.61. The second kappa shape index (κ2) is 4.76. The Bertz CT molecular complexity index is 488. The SMILES string of the molecule is COCCOc1ccc2ncnc(O)c2c1. The van der Waals surface area contributed by atoms with Crippen LogP contribution in [-0.2, 0) is 4.74 Å². The lowest BCUT2D eigenvalue weighted by Crippen LogP contribution is -2.04. The van der Waals surface area contributed by atoms with Gasteiger partial charge in [-0.15, -0.1) is 0 Å². The van der Waals surface area contributed by atoms with E-state index in [1.165, 1.54) is 6.33 Å². The molecule has 0 saturated heterocycles. The largest absolute Gasteiger partial charge is 0.493 e. The molecule has 0 atom stereocenters. The molecule has 1 aromatic carbocycles. The monoisotopic (exact) mass is 220 g/mol. The van der Waals surface area contributed by atoms with Gasteiger partial charge in [-0.2, -0.15) is 0 Å². The Morgan fingerprint density at radius 3 is 2.94 bits per heavy atom. The number of hydrogen-bond acceptors (Lipinski definition) is 5. The van der Waals surface area contributed by atoms with Crippen molar-refractivity contribution >= 4 is 10.9 Å². The first-order chi connectivity index (χ1) is 7.81. The van der Waals surface area contributed by atoms with Crippen molar-refractivity contribution in [2.24, 2.45) is 0 Å². The van der Waals surface area contributed by atoms with Crippen LogP contribution in [0.15, 0.2) is 24.5 Å². The molecule has 5 nitrogen and oxygen atoms in total. The molecule has 1 N–H and O–H groups in total. The second-order valence-corrected chi connectivity index (χ2v) is 3.22. The molecule has 0 aliphatic carbocycles. The van der Waals surface area contributed by atoms with Crippen molar-refractivity contribution in [1.29, 1.82) is 0 Å². The van der Waals surface area contributed by atoms with E-state index in [1.807, 2.05) is 0 Å². The zero-order valence-electron chi connectivity index (χ0n) is 8.88. The molecule has 0 aliphatic rings. The van der Waals surface area contributed by atoms with E-state index < -0.39 is 0 Å². The van der Waals surface area contributed by atoms with Crippen LogP contribution in [0.1, 0.15) is 0 Å². The van der Waals surface area contributed by atoms with E-state index in [2.05, 4.69) is 9.97 Å². The molecule has 0 radical (unpaired) electrons. The molecule has 2 rings (SSSR count). The smallest absolute Gasteiger partial charge is 0.222 e. The van der Waals surface area contributed by atoms with Gasteiger partial charge in [-0.3, -0.25) is 0 Å². The Labute approximate surface area is 92.7 Å². The van der Waals surface area contributed by atoms with Crippen molar-refractivity contribution < 1.29 is 14.6 Å². The lowest BCUT2D eigenvalue weighted by Gasteiger charge is -2.06. The van der Waals surface area contributed by atoms with Crippen molar-refractivity contribution in [1.82, 2.24) is 9.97 Å². The van der Waals surface area contributed by atoms with Crippen molar-refractivity contribution in [2.45, 2.75) is 0 Å². The fourth-order valence-corrected chi connectivity index (χ4v) is 1.35. The summed E-state index contributed by atoms with van der Waals surface area (Å²) < 4.78 is 10.3. The molecular formula is C11H12N2O3. The van der Waals surface area contributed by atoms with Crippen molar-refractivity contribution in [3.63, 3.8) is 0 Å². The molecule has 0 amide bonds. The Balaban J connectivity index is 2.25. The summed E-state index contributed by atoms with van der Waals surface area (Å²) in [5.41, 5.74) is 0.687. The molecule has 1 aromatic heterocycles. The Morgan fingerprint density at radius 1 is 1.25 bits per heavy atom. The van der Waals surface area contributed by atoms with Crippen LogP contribution in [0, 0.1) is 0 Å². The Morgan fingerprint density at radius 2 is 2.12 bits per heavy atom. The predicted molar refractivity (Wildman–Crippen MR) is 58.6 cm³/mol. The lowest BCUT2D eigenvalue weighted by molar-refractivity contribution is 0.146. The number of nitrogens with zero attached hydrogens (tertiary/aromatic N) is 2. The highest BCUT2D eigenvalue weighted by atomic mass is 16.5. The summed E-state index contributed by atoms with van der Waals surface area (Å²) in [5, 5.41) is 10.1. The minimum absolute atomic E-state index is 0.0396. The number of hydrogen-bond donors (Lipinski definition) is 1. The van der Waals surface area contributed by atoms with Crippen molar-refractivity contribution in [3.05, 3.63) is 24.5 Å². The minimum Gasteiger partial charge on any atom is -0.493 e. The second-order valence-electron chi connectivity index (χ2n) is 3.22. The van der Waals surface area contributed by atoms with Gasteiger partial charge in [0, 0.05) is 7.11 Å². The Hall–Kier alpha value is -1.88. The maximum Gasteiger partial charge on any atom is 0.222 e. The fraction of sp³-hybridized carbons (Fsp3) is 0.273. The van der Waals surface area contributed by atoms with E-state index in [-0.39, 0.29) is 5.88 Å². The van der Waals surface area contributed by atoms with Crippen LogP contribution in [0.2, 0.25) is 0 Å². The molecule has 5 heteroatoms. The van der Waals surface area contributed by atoms with Gasteiger partial charge in [0.15, 0.2) is 0 Å². The molecule has 16 heavy (non-hydrogen) atoms. The topological polar surface area (TPSA) is 64.5 Å². The molecule has 2 aromatic rings. The number of ether oxygens (including phenoxy) is 2. The highest BCUT2D eigenvalue weighted by molar-refractivity contribution is 5.84. The lowest BCUT2D eigenvalue weighted by atomic mass is 10.2. The van der Waals surface area contributed by atoms with Gasteiger partial charge in [0.1, 0.15) is 18.7 Å². The third-order valence-corrected chi connectivity index (χ3v) is 2.14. The first-order valence-electron chi connectivity index (χ1n) is 4.86. The number of methoxy groups -OCH3 is 1. The van der Waals surface area contributed by atoms with Gasteiger partial charge in [-0.25, -0.2) is 9.97 Å². The zero-order valence-corrected chi connectivity index (χ0v) is 8.88. The normalized spacial score (nSPS) is 10.6. The molecule has 0 unspecified atom stereocenters. The van der Waals surface area contributed by atoms with Gasteiger partial charge < -0.3 is 14.6 Å². The molecule has 0 bridgehead atoms. The van der Waals surface area contributed by atoms with Crippen LogP contribution in [-0.4, -0.2) is 35.4 Å². The van der Waals surface area contributed by atoms with Crippen molar-refractivity contribution in [2.75, 3.05) is 20.3 Å². The molecule has 1 heterocycles. The van der Waals surface area contributed by atoms with E-state index in [4.69, 9.17) is 9.47 Å². The summed E-state index contributed by atoms with van der Waals surface area (Å²) >= 11 is 0.